The fourth-order valence-electron chi connectivity index (χ4n) is 2.55. The number of aliphatic carboxylic acids is 2. The summed E-state index contributed by atoms with van der Waals surface area (Å²) in [6, 6.07) is 7.12. The van der Waals surface area contributed by atoms with Gasteiger partial charge in [0.1, 0.15) is 0 Å². The van der Waals surface area contributed by atoms with Crippen molar-refractivity contribution in [3.8, 4) is 0 Å². The summed E-state index contributed by atoms with van der Waals surface area (Å²) >= 11 is 0. The van der Waals surface area contributed by atoms with Crippen LogP contribution < -0.4 is 0 Å². The number of rotatable bonds is 8. The molecular formula is C15H18NO6P. The van der Waals surface area contributed by atoms with Crippen LogP contribution in [0.3, 0.4) is 0 Å². The molecule has 2 rings (SSSR count). The molecule has 8 heteroatoms. The van der Waals surface area contributed by atoms with Gasteiger partial charge >= 0.3 is 11.9 Å². The summed E-state index contributed by atoms with van der Waals surface area (Å²) in [4.78, 5) is 34.9. The molecule has 4 N–H and O–H groups in total. The molecule has 0 spiro atoms. The highest BCUT2D eigenvalue weighted by Crippen LogP contribution is 2.47. The lowest BCUT2D eigenvalue weighted by Crippen LogP contribution is -2.20. The van der Waals surface area contributed by atoms with E-state index in [-0.39, 0.29) is 19.0 Å². The first-order valence-electron chi connectivity index (χ1n) is 7.09. The van der Waals surface area contributed by atoms with E-state index in [1.54, 1.807) is 24.4 Å². The maximum absolute atomic E-state index is 12.4. The van der Waals surface area contributed by atoms with Gasteiger partial charge in [0.05, 0.1) is 12.1 Å². The molecule has 2 aromatic rings. The highest BCUT2D eigenvalue weighted by Gasteiger charge is 2.30. The average molecular weight is 339 g/mol. The Bertz CT molecular complexity index is 768. The Balaban J connectivity index is 2.14. The smallest absolute Gasteiger partial charge is 0.307 e. The summed E-state index contributed by atoms with van der Waals surface area (Å²) in [5.41, 5.74) is 1.50. The number of nitrogens with one attached hydrogen (secondary N) is 1. The van der Waals surface area contributed by atoms with Crippen LogP contribution in [0.1, 0.15) is 18.4 Å². The van der Waals surface area contributed by atoms with Gasteiger partial charge in [0, 0.05) is 29.7 Å². The minimum absolute atomic E-state index is 0.140. The van der Waals surface area contributed by atoms with Crippen LogP contribution in [0.5, 0.6) is 0 Å². The lowest BCUT2D eigenvalue weighted by Gasteiger charge is -2.17. The predicted octanol–water partition coefficient (Wildman–Crippen LogP) is 2.50. The van der Waals surface area contributed by atoms with Gasteiger partial charge in [-0.1, -0.05) is 12.1 Å². The molecule has 0 aliphatic rings. The molecule has 1 aromatic heterocycles. The van der Waals surface area contributed by atoms with Crippen molar-refractivity contribution in [1.29, 1.82) is 0 Å². The number of benzene rings is 1. The zero-order valence-electron chi connectivity index (χ0n) is 12.3. The van der Waals surface area contributed by atoms with Crippen LogP contribution in [0, 0.1) is 5.92 Å². The summed E-state index contributed by atoms with van der Waals surface area (Å²) in [5, 5.41) is 18.6. The van der Waals surface area contributed by atoms with Gasteiger partial charge in [-0.05, 0) is 24.1 Å². The molecule has 23 heavy (non-hydrogen) atoms. The number of hydrogen-bond acceptors (Lipinski definition) is 3. The molecule has 1 heterocycles. The normalized spacial score (nSPS) is 15.2. The summed E-state index contributed by atoms with van der Waals surface area (Å²) in [5.74, 6) is -3.52. The standard InChI is InChI=1S/C15H18NO6P/c17-14(18)5-4-11(15(19)20)9-23(21,22)8-10-2-1-3-13-12(10)6-7-16-13/h1-3,6-7,11,16H,4-5,8-9H2,(H,17,18)(H,19,20)(H,21,22). The highest BCUT2D eigenvalue weighted by molar-refractivity contribution is 7.57. The van der Waals surface area contributed by atoms with E-state index in [0.717, 1.165) is 10.9 Å². The summed E-state index contributed by atoms with van der Waals surface area (Å²) in [7, 11) is -3.75. The molecule has 0 bridgehead atoms. The minimum atomic E-state index is -3.75. The monoisotopic (exact) mass is 339 g/mol. The number of aromatic amines is 1. The van der Waals surface area contributed by atoms with Crippen LogP contribution >= 0.6 is 7.37 Å². The van der Waals surface area contributed by atoms with Crippen molar-refractivity contribution in [2.45, 2.75) is 19.0 Å². The minimum Gasteiger partial charge on any atom is -0.481 e. The fraction of sp³-hybridized carbons (Fsp3) is 0.333. The third-order valence-corrected chi connectivity index (χ3v) is 5.51. The van der Waals surface area contributed by atoms with E-state index >= 15 is 0 Å². The number of hydrogen-bond donors (Lipinski definition) is 4. The highest BCUT2D eigenvalue weighted by atomic mass is 31.2. The SMILES string of the molecule is O=C(O)CCC(CP(=O)(O)Cc1cccc2[nH]ccc12)C(=O)O. The average Bonchev–Trinajstić information content (AvgIpc) is 2.92. The van der Waals surface area contributed by atoms with Crippen molar-refractivity contribution >= 4 is 30.2 Å². The van der Waals surface area contributed by atoms with E-state index in [9.17, 15) is 19.0 Å². The van der Waals surface area contributed by atoms with E-state index in [2.05, 4.69) is 4.98 Å². The lowest BCUT2D eigenvalue weighted by atomic mass is 10.1. The molecule has 2 atom stereocenters. The van der Waals surface area contributed by atoms with Crippen LogP contribution in [0.15, 0.2) is 30.5 Å². The van der Waals surface area contributed by atoms with Crippen LogP contribution in [0.25, 0.3) is 10.9 Å². The largest absolute Gasteiger partial charge is 0.481 e. The van der Waals surface area contributed by atoms with Crippen LogP contribution in [-0.2, 0) is 20.3 Å². The second-order valence-electron chi connectivity index (χ2n) is 5.51. The molecule has 0 aliphatic carbocycles. The quantitative estimate of drug-likeness (QED) is 0.547. The Morgan fingerprint density at radius 2 is 1.96 bits per heavy atom. The van der Waals surface area contributed by atoms with E-state index in [1.165, 1.54) is 0 Å². The summed E-state index contributed by atoms with van der Waals surface area (Å²) in [6.45, 7) is 0. The molecule has 0 saturated heterocycles. The molecule has 0 aliphatic heterocycles. The molecule has 0 amide bonds. The van der Waals surface area contributed by atoms with Gasteiger partial charge in [0.15, 0.2) is 0 Å². The lowest BCUT2D eigenvalue weighted by molar-refractivity contribution is -0.142. The van der Waals surface area contributed by atoms with Crippen molar-refractivity contribution in [2.75, 3.05) is 6.16 Å². The van der Waals surface area contributed by atoms with Crippen molar-refractivity contribution in [2.24, 2.45) is 5.92 Å². The number of H-pyrrole nitrogens is 1. The van der Waals surface area contributed by atoms with Crippen LogP contribution in [0.2, 0.25) is 0 Å². The summed E-state index contributed by atoms with van der Waals surface area (Å²) in [6.07, 6.45) is 0.646. The fourth-order valence-corrected chi connectivity index (χ4v) is 4.52. The Kier molecular flexibility index (Phi) is 5.23. The number of carbonyl (C=O) groups is 2. The molecule has 0 radical (unpaired) electrons. The second-order valence-corrected chi connectivity index (χ2v) is 7.88. The number of carboxylic acid groups (broad SMARTS) is 2. The Labute approximate surface area is 132 Å². The Morgan fingerprint density at radius 3 is 2.61 bits per heavy atom. The molecule has 7 nitrogen and oxygen atoms in total. The Hall–Kier alpha value is -2.11. The van der Waals surface area contributed by atoms with Gasteiger partial charge in [-0.15, -0.1) is 0 Å². The predicted molar refractivity (Wildman–Crippen MR) is 84.7 cm³/mol. The third kappa shape index (κ3) is 4.68. The van der Waals surface area contributed by atoms with Gasteiger partial charge in [0.25, 0.3) is 0 Å². The zero-order valence-corrected chi connectivity index (χ0v) is 13.2. The van der Waals surface area contributed by atoms with Gasteiger partial charge in [-0.2, -0.15) is 0 Å². The van der Waals surface area contributed by atoms with Crippen molar-refractivity contribution in [3.05, 3.63) is 36.0 Å². The summed E-state index contributed by atoms with van der Waals surface area (Å²) < 4.78 is 12.4. The number of carboxylic acids is 2. The first-order valence-corrected chi connectivity index (χ1v) is 9.12. The van der Waals surface area contributed by atoms with Crippen LogP contribution in [0.4, 0.5) is 0 Å². The van der Waals surface area contributed by atoms with E-state index < -0.39 is 31.4 Å². The maximum atomic E-state index is 12.4. The van der Waals surface area contributed by atoms with Gasteiger partial charge in [0.2, 0.25) is 7.37 Å². The zero-order chi connectivity index (χ0) is 17.0. The van der Waals surface area contributed by atoms with Crippen molar-refractivity contribution < 1.29 is 29.3 Å². The number of aromatic nitrogens is 1. The van der Waals surface area contributed by atoms with Crippen molar-refractivity contribution in [1.82, 2.24) is 4.98 Å². The van der Waals surface area contributed by atoms with E-state index in [0.29, 0.717) is 5.56 Å². The molecule has 0 saturated carbocycles. The third-order valence-electron chi connectivity index (χ3n) is 3.66. The number of fused-ring (bicyclic) bond motifs is 1. The maximum Gasteiger partial charge on any atom is 0.307 e. The second kappa shape index (κ2) is 6.98. The topological polar surface area (TPSA) is 128 Å². The molecule has 1 aromatic carbocycles. The van der Waals surface area contributed by atoms with Crippen molar-refractivity contribution in [3.63, 3.8) is 0 Å². The molecular weight excluding hydrogens is 321 g/mol. The molecule has 2 unspecified atom stereocenters. The van der Waals surface area contributed by atoms with E-state index in [1.807, 2.05) is 6.07 Å². The van der Waals surface area contributed by atoms with Gasteiger partial charge in [-0.3, -0.25) is 14.2 Å². The van der Waals surface area contributed by atoms with Gasteiger partial charge < -0.3 is 20.1 Å². The first-order chi connectivity index (χ1) is 10.8. The molecule has 124 valence electrons. The van der Waals surface area contributed by atoms with Crippen LogP contribution in [-0.4, -0.2) is 38.2 Å². The van der Waals surface area contributed by atoms with Gasteiger partial charge in [-0.25, -0.2) is 0 Å². The van der Waals surface area contributed by atoms with E-state index in [4.69, 9.17) is 10.2 Å². The first kappa shape index (κ1) is 17.2. The Morgan fingerprint density at radius 1 is 1.22 bits per heavy atom. The molecule has 0 fully saturated rings.